The maximum atomic E-state index is 5.31. The van der Waals surface area contributed by atoms with E-state index in [0.717, 1.165) is 6.42 Å². The van der Waals surface area contributed by atoms with Crippen LogP contribution in [0.15, 0.2) is 11.8 Å². The zero-order valence-electron chi connectivity index (χ0n) is 6.35. The minimum atomic E-state index is 0.403. The number of rotatable bonds is 1. The largest absolute Gasteiger partial charge is 0.498 e. The van der Waals surface area contributed by atoms with Gasteiger partial charge in [-0.2, -0.15) is 0 Å². The highest BCUT2D eigenvalue weighted by atomic mass is 16.5. The Kier molecular flexibility index (Phi) is 1.79. The molecular weight excluding hydrogens is 112 g/mol. The monoisotopic (exact) mass is 126 g/mol. The first kappa shape index (κ1) is 6.66. The first-order valence-corrected chi connectivity index (χ1v) is 3.60. The van der Waals surface area contributed by atoms with E-state index >= 15 is 0 Å². The van der Waals surface area contributed by atoms with Gasteiger partial charge in [-0.05, 0) is 18.9 Å². The Morgan fingerprint density at radius 1 is 1.56 bits per heavy atom. The SMILES string of the molecule is CCC1=COC(C)C1C. The van der Waals surface area contributed by atoms with Crippen molar-refractivity contribution in [3.63, 3.8) is 0 Å². The summed E-state index contributed by atoms with van der Waals surface area (Å²) in [7, 11) is 0. The Morgan fingerprint density at radius 3 is 2.44 bits per heavy atom. The lowest BCUT2D eigenvalue weighted by molar-refractivity contribution is 0.158. The van der Waals surface area contributed by atoms with Crippen molar-refractivity contribution in [2.45, 2.75) is 33.3 Å². The lowest BCUT2D eigenvalue weighted by Gasteiger charge is -2.10. The van der Waals surface area contributed by atoms with E-state index < -0.39 is 0 Å². The molecule has 0 saturated carbocycles. The summed E-state index contributed by atoms with van der Waals surface area (Å²) >= 11 is 0. The molecule has 0 spiro atoms. The smallest absolute Gasteiger partial charge is 0.101 e. The predicted octanol–water partition coefficient (Wildman–Crippen LogP) is 2.34. The molecule has 1 aliphatic heterocycles. The van der Waals surface area contributed by atoms with E-state index in [1.165, 1.54) is 5.57 Å². The third-order valence-corrected chi connectivity index (χ3v) is 2.13. The molecule has 0 fully saturated rings. The topological polar surface area (TPSA) is 9.23 Å². The van der Waals surface area contributed by atoms with Gasteiger partial charge >= 0.3 is 0 Å². The van der Waals surface area contributed by atoms with Crippen molar-refractivity contribution in [1.82, 2.24) is 0 Å². The highest BCUT2D eigenvalue weighted by Gasteiger charge is 2.21. The van der Waals surface area contributed by atoms with Gasteiger partial charge in [0.25, 0.3) is 0 Å². The summed E-state index contributed by atoms with van der Waals surface area (Å²) in [5, 5.41) is 0. The molecule has 1 rings (SSSR count). The molecule has 52 valence electrons. The molecule has 0 aliphatic carbocycles. The fraction of sp³-hybridized carbons (Fsp3) is 0.750. The quantitative estimate of drug-likeness (QED) is 0.524. The average molecular weight is 126 g/mol. The van der Waals surface area contributed by atoms with Crippen LogP contribution in [0.2, 0.25) is 0 Å². The van der Waals surface area contributed by atoms with Gasteiger partial charge in [0.2, 0.25) is 0 Å². The summed E-state index contributed by atoms with van der Waals surface area (Å²) in [5.41, 5.74) is 1.45. The van der Waals surface area contributed by atoms with Crippen molar-refractivity contribution in [3.05, 3.63) is 11.8 Å². The average Bonchev–Trinajstić information content (AvgIpc) is 2.15. The normalized spacial score (nSPS) is 33.9. The first-order valence-electron chi connectivity index (χ1n) is 3.60. The standard InChI is InChI=1S/C8H14O/c1-4-8-5-9-7(3)6(8)2/h5-7H,4H2,1-3H3. The number of hydrogen-bond acceptors (Lipinski definition) is 1. The van der Waals surface area contributed by atoms with Crippen LogP contribution in [0, 0.1) is 5.92 Å². The highest BCUT2D eigenvalue weighted by molar-refractivity contribution is 5.08. The van der Waals surface area contributed by atoms with Gasteiger partial charge in [-0.1, -0.05) is 13.8 Å². The lowest BCUT2D eigenvalue weighted by Crippen LogP contribution is -2.10. The van der Waals surface area contributed by atoms with E-state index in [2.05, 4.69) is 20.8 Å². The van der Waals surface area contributed by atoms with Gasteiger partial charge in [0.1, 0.15) is 6.10 Å². The van der Waals surface area contributed by atoms with Gasteiger partial charge in [0, 0.05) is 5.92 Å². The van der Waals surface area contributed by atoms with Crippen molar-refractivity contribution < 1.29 is 4.74 Å². The van der Waals surface area contributed by atoms with Gasteiger partial charge in [0.05, 0.1) is 6.26 Å². The first-order chi connectivity index (χ1) is 4.25. The van der Waals surface area contributed by atoms with E-state index in [4.69, 9.17) is 4.74 Å². The van der Waals surface area contributed by atoms with Crippen molar-refractivity contribution in [2.75, 3.05) is 0 Å². The zero-order valence-corrected chi connectivity index (χ0v) is 6.35. The molecule has 0 aromatic rings. The molecule has 0 saturated heterocycles. The van der Waals surface area contributed by atoms with Crippen LogP contribution in [-0.4, -0.2) is 6.10 Å². The molecule has 1 heterocycles. The van der Waals surface area contributed by atoms with Crippen LogP contribution in [-0.2, 0) is 4.74 Å². The summed E-state index contributed by atoms with van der Waals surface area (Å²) in [6.07, 6.45) is 3.45. The Balaban J connectivity index is 2.55. The van der Waals surface area contributed by atoms with Crippen LogP contribution in [0.1, 0.15) is 27.2 Å². The Bertz CT molecular complexity index is 127. The molecule has 0 amide bonds. The molecule has 1 heteroatoms. The second-order valence-corrected chi connectivity index (χ2v) is 2.68. The van der Waals surface area contributed by atoms with E-state index in [0.29, 0.717) is 12.0 Å². The molecule has 1 aliphatic rings. The fourth-order valence-corrected chi connectivity index (χ4v) is 1.13. The fourth-order valence-electron chi connectivity index (χ4n) is 1.13. The van der Waals surface area contributed by atoms with Gasteiger partial charge in [-0.3, -0.25) is 0 Å². The molecule has 0 aromatic carbocycles. The van der Waals surface area contributed by atoms with Crippen LogP contribution < -0.4 is 0 Å². The second kappa shape index (κ2) is 2.42. The zero-order chi connectivity index (χ0) is 6.85. The molecule has 9 heavy (non-hydrogen) atoms. The minimum Gasteiger partial charge on any atom is -0.498 e. The van der Waals surface area contributed by atoms with Gasteiger partial charge in [-0.15, -0.1) is 0 Å². The predicted molar refractivity (Wildman–Crippen MR) is 38.1 cm³/mol. The van der Waals surface area contributed by atoms with Crippen molar-refractivity contribution in [3.8, 4) is 0 Å². The third kappa shape index (κ3) is 1.09. The maximum Gasteiger partial charge on any atom is 0.101 e. The summed E-state index contributed by atoms with van der Waals surface area (Å²) in [6, 6.07) is 0. The molecule has 0 N–H and O–H groups in total. The van der Waals surface area contributed by atoms with E-state index in [-0.39, 0.29) is 0 Å². The van der Waals surface area contributed by atoms with Crippen molar-refractivity contribution in [1.29, 1.82) is 0 Å². The van der Waals surface area contributed by atoms with Crippen molar-refractivity contribution in [2.24, 2.45) is 5.92 Å². The molecule has 2 atom stereocenters. The van der Waals surface area contributed by atoms with Crippen LogP contribution in [0.25, 0.3) is 0 Å². The van der Waals surface area contributed by atoms with Crippen LogP contribution in [0.4, 0.5) is 0 Å². The van der Waals surface area contributed by atoms with Crippen LogP contribution in [0.5, 0.6) is 0 Å². The molecule has 0 bridgehead atoms. The van der Waals surface area contributed by atoms with Crippen molar-refractivity contribution >= 4 is 0 Å². The summed E-state index contributed by atoms with van der Waals surface area (Å²) in [5.74, 6) is 0.634. The van der Waals surface area contributed by atoms with Crippen LogP contribution >= 0.6 is 0 Å². The summed E-state index contributed by atoms with van der Waals surface area (Å²) in [6.45, 7) is 6.50. The number of hydrogen-bond donors (Lipinski definition) is 0. The maximum absolute atomic E-state index is 5.31. The molecular formula is C8H14O. The Morgan fingerprint density at radius 2 is 2.22 bits per heavy atom. The number of ether oxygens (including phenoxy) is 1. The molecule has 0 radical (unpaired) electrons. The molecule has 2 unspecified atom stereocenters. The van der Waals surface area contributed by atoms with Gasteiger partial charge < -0.3 is 4.74 Å². The Labute approximate surface area is 56.7 Å². The summed E-state index contributed by atoms with van der Waals surface area (Å²) in [4.78, 5) is 0. The highest BCUT2D eigenvalue weighted by Crippen LogP contribution is 2.26. The molecule has 1 nitrogen and oxygen atoms in total. The van der Waals surface area contributed by atoms with E-state index in [9.17, 15) is 0 Å². The molecule has 0 aromatic heterocycles. The lowest BCUT2D eigenvalue weighted by atomic mass is 9.98. The van der Waals surface area contributed by atoms with E-state index in [1.807, 2.05) is 6.26 Å². The second-order valence-electron chi connectivity index (χ2n) is 2.68. The summed E-state index contributed by atoms with van der Waals surface area (Å²) < 4.78 is 5.31. The van der Waals surface area contributed by atoms with Gasteiger partial charge in [-0.25, -0.2) is 0 Å². The van der Waals surface area contributed by atoms with Gasteiger partial charge in [0.15, 0.2) is 0 Å². The van der Waals surface area contributed by atoms with E-state index in [1.54, 1.807) is 0 Å². The Hall–Kier alpha value is -0.460. The minimum absolute atomic E-state index is 0.403. The third-order valence-electron chi connectivity index (χ3n) is 2.13. The van der Waals surface area contributed by atoms with Crippen LogP contribution in [0.3, 0.4) is 0 Å².